The van der Waals surface area contributed by atoms with E-state index in [0.29, 0.717) is 6.42 Å². The third-order valence-electron chi connectivity index (χ3n) is 4.98. The molecule has 2 N–H and O–H groups in total. The SMILES string of the molecule is O=C(O)c1ccc(CCNC(=O)c2noc3cccc(Oc4ccc(C(F)(F)F)cc4)c23)cc1. The molecule has 3 aromatic carbocycles. The number of hydrogen-bond donors (Lipinski definition) is 2. The number of hydrogen-bond acceptors (Lipinski definition) is 5. The van der Waals surface area contributed by atoms with Gasteiger partial charge in [-0.05, 0) is 60.5 Å². The van der Waals surface area contributed by atoms with Gasteiger partial charge in [-0.1, -0.05) is 23.4 Å². The van der Waals surface area contributed by atoms with Crippen LogP contribution in [0, 0.1) is 0 Å². The van der Waals surface area contributed by atoms with Crippen LogP contribution >= 0.6 is 0 Å². The molecule has 0 saturated carbocycles. The Balaban J connectivity index is 1.47. The van der Waals surface area contributed by atoms with E-state index in [-0.39, 0.29) is 40.3 Å². The summed E-state index contributed by atoms with van der Waals surface area (Å²) in [5.41, 5.74) is 0.447. The van der Waals surface area contributed by atoms with E-state index in [1.807, 2.05) is 0 Å². The summed E-state index contributed by atoms with van der Waals surface area (Å²) in [6, 6.07) is 15.2. The minimum absolute atomic E-state index is 0.0289. The third-order valence-corrected chi connectivity index (χ3v) is 4.98. The van der Waals surface area contributed by atoms with Crippen LogP contribution in [0.4, 0.5) is 13.2 Å². The summed E-state index contributed by atoms with van der Waals surface area (Å²) in [5, 5.41) is 15.8. The molecule has 0 bridgehead atoms. The van der Waals surface area contributed by atoms with Crippen LogP contribution in [0.1, 0.15) is 32.0 Å². The average Bonchev–Trinajstić information content (AvgIpc) is 3.24. The summed E-state index contributed by atoms with van der Waals surface area (Å²) in [7, 11) is 0. The molecule has 1 aromatic heterocycles. The highest BCUT2D eigenvalue weighted by Crippen LogP contribution is 2.34. The number of fused-ring (bicyclic) bond motifs is 1. The molecular formula is C24H17F3N2O5. The molecule has 7 nitrogen and oxygen atoms in total. The zero-order valence-electron chi connectivity index (χ0n) is 17.4. The minimum Gasteiger partial charge on any atom is -0.478 e. The van der Waals surface area contributed by atoms with E-state index in [1.165, 1.54) is 24.3 Å². The second-order valence-electron chi connectivity index (χ2n) is 7.29. The van der Waals surface area contributed by atoms with Gasteiger partial charge in [0.1, 0.15) is 11.5 Å². The Morgan fingerprint density at radius 3 is 2.35 bits per heavy atom. The molecule has 34 heavy (non-hydrogen) atoms. The van der Waals surface area contributed by atoms with Crippen molar-refractivity contribution in [1.29, 1.82) is 0 Å². The van der Waals surface area contributed by atoms with Gasteiger partial charge in [-0.25, -0.2) is 4.79 Å². The maximum absolute atomic E-state index is 12.8. The maximum atomic E-state index is 12.8. The second kappa shape index (κ2) is 9.26. The molecule has 0 aliphatic heterocycles. The monoisotopic (exact) mass is 470 g/mol. The molecule has 10 heteroatoms. The number of nitrogens with zero attached hydrogens (tertiary/aromatic N) is 1. The number of aromatic nitrogens is 1. The molecule has 0 unspecified atom stereocenters. The predicted molar refractivity (Wildman–Crippen MR) is 115 cm³/mol. The first-order valence-electron chi connectivity index (χ1n) is 10.1. The largest absolute Gasteiger partial charge is 0.478 e. The first kappa shape index (κ1) is 22.8. The van der Waals surface area contributed by atoms with Crippen molar-refractivity contribution >= 4 is 22.8 Å². The number of carboxylic acids is 1. The van der Waals surface area contributed by atoms with Crippen LogP contribution in [0.5, 0.6) is 11.5 Å². The van der Waals surface area contributed by atoms with E-state index in [2.05, 4.69) is 10.5 Å². The van der Waals surface area contributed by atoms with Gasteiger partial charge in [-0.2, -0.15) is 13.2 Å². The predicted octanol–water partition coefficient (Wildman–Crippen LogP) is 5.31. The summed E-state index contributed by atoms with van der Waals surface area (Å²) in [6.07, 6.45) is -4.01. The Morgan fingerprint density at radius 2 is 1.71 bits per heavy atom. The highest BCUT2D eigenvalue weighted by Gasteiger charge is 2.30. The van der Waals surface area contributed by atoms with Gasteiger partial charge in [0, 0.05) is 6.54 Å². The Labute approximate surface area is 190 Å². The van der Waals surface area contributed by atoms with Gasteiger partial charge in [0.25, 0.3) is 5.91 Å². The van der Waals surface area contributed by atoms with E-state index in [9.17, 15) is 22.8 Å². The van der Waals surface area contributed by atoms with Gasteiger partial charge in [0.05, 0.1) is 16.5 Å². The number of halogens is 3. The van der Waals surface area contributed by atoms with Gasteiger partial charge < -0.3 is 19.7 Å². The quantitative estimate of drug-likeness (QED) is 0.380. The van der Waals surface area contributed by atoms with E-state index < -0.39 is 23.6 Å². The number of benzene rings is 3. The Hall–Kier alpha value is -4.34. The van der Waals surface area contributed by atoms with E-state index >= 15 is 0 Å². The molecule has 0 fully saturated rings. The molecule has 1 amide bonds. The van der Waals surface area contributed by atoms with Crippen molar-refractivity contribution in [3.63, 3.8) is 0 Å². The fraction of sp³-hybridized carbons (Fsp3) is 0.125. The Morgan fingerprint density at radius 1 is 1.00 bits per heavy atom. The number of ether oxygens (including phenoxy) is 1. The lowest BCUT2D eigenvalue weighted by Crippen LogP contribution is -2.26. The van der Waals surface area contributed by atoms with Crippen LogP contribution in [0.2, 0.25) is 0 Å². The van der Waals surface area contributed by atoms with Crippen LogP contribution in [0.25, 0.3) is 11.0 Å². The average molecular weight is 470 g/mol. The zero-order chi connectivity index (χ0) is 24.3. The van der Waals surface area contributed by atoms with Crippen LogP contribution in [0.15, 0.2) is 71.3 Å². The molecule has 0 aliphatic rings. The van der Waals surface area contributed by atoms with Gasteiger partial charge in [0.2, 0.25) is 0 Å². The second-order valence-corrected chi connectivity index (χ2v) is 7.29. The van der Waals surface area contributed by atoms with Crippen LogP contribution in [0.3, 0.4) is 0 Å². The van der Waals surface area contributed by atoms with Crippen molar-refractivity contribution in [3.05, 3.63) is 89.1 Å². The van der Waals surface area contributed by atoms with E-state index in [0.717, 1.165) is 17.7 Å². The summed E-state index contributed by atoms with van der Waals surface area (Å²) in [5.74, 6) is -1.19. The highest BCUT2D eigenvalue weighted by atomic mass is 19.4. The first-order valence-corrected chi connectivity index (χ1v) is 10.1. The molecule has 0 radical (unpaired) electrons. The summed E-state index contributed by atoms with van der Waals surface area (Å²) in [6.45, 7) is 0.252. The normalized spacial score (nSPS) is 11.4. The number of carboxylic acid groups (broad SMARTS) is 1. The summed E-state index contributed by atoms with van der Waals surface area (Å²) < 4.78 is 49.3. The molecule has 0 spiro atoms. The fourth-order valence-corrected chi connectivity index (χ4v) is 3.26. The maximum Gasteiger partial charge on any atom is 0.416 e. The zero-order valence-corrected chi connectivity index (χ0v) is 17.4. The summed E-state index contributed by atoms with van der Waals surface area (Å²) >= 11 is 0. The Bertz CT molecular complexity index is 1330. The number of alkyl halides is 3. The van der Waals surface area contributed by atoms with Gasteiger partial charge in [-0.15, -0.1) is 0 Å². The van der Waals surface area contributed by atoms with E-state index in [1.54, 1.807) is 30.3 Å². The smallest absolute Gasteiger partial charge is 0.416 e. The number of nitrogens with one attached hydrogen (secondary N) is 1. The number of rotatable bonds is 7. The minimum atomic E-state index is -4.46. The van der Waals surface area contributed by atoms with Crippen molar-refractivity contribution in [2.45, 2.75) is 12.6 Å². The van der Waals surface area contributed by atoms with Crippen molar-refractivity contribution in [2.75, 3.05) is 6.54 Å². The van der Waals surface area contributed by atoms with Gasteiger partial charge in [-0.3, -0.25) is 4.79 Å². The molecule has 4 aromatic rings. The van der Waals surface area contributed by atoms with Crippen molar-refractivity contribution in [3.8, 4) is 11.5 Å². The lowest BCUT2D eigenvalue weighted by atomic mass is 10.1. The molecule has 0 saturated heterocycles. The summed E-state index contributed by atoms with van der Waals surface area (Å²) in [4.78, 5) is 23.6. The van der Waals surface area contributed by atoms with Gasteiger partial charge >= 0.3 is 12.1 Å². The molecule has 174 valence electrons. The number of aromatic carboxylic acids is 1. The lowest BCUT2D eigenvalue weighted by Gasteiger charge is -2.10. The molecule has 0 atom stereocenters. The highest BCUT2D eigenvalue weighted by molar-refractivity contribution is 6.06. The van der Waals surface area contributed by atoms with Crippen molar-refractivity contribution < 1.29 is 37.1 Å². The standard InChI is InChI=1S/C24H17F3N2O5/c25-24(26,27)16-8-10-17(11-9-16)33-18-2-1-3-19-20(18)21(29-34-19)22(30)28-13-12-14-4-6-15(7-5-14)23(31)32/h1-11H,12-13H2,(H,28,30)(H,31,32). The first-order chi connectivity index (χ1) is 16.2. The molecule has 1 heterocycles. The Kier molecular flexibility index (Phi) is 6.22. The van der Waals surface area contributed by atoms with Crippen molar-refractivity contribution in [2.24, 2.45) is 0 Å². The molecule has 0 aliphatic carbocycles. The fourth-order valence-electron chi connectivity index (χ4n) is 3.26. The van der Waals surface area contributed by atoms with Crippen LogP contribution in [-0.4, -0.2) is 28.7 Å². The topological polar surface area (TPSA) is 102 Å². The third kappa shape index (κ3) is 5.01. The van der Waals surface area contributed by atoms with Crippen LogP contribution < -0.4 is 10.1 Å². The molecule has 4 rings (SSSR count). The van der Waals surface area contributed by atoms with Crippen LogP contribution in [-0.2, 0) is 12.6 Å². The van der Waals surface area contributed by atoms with E-state index in [4.69, 9.17) is 14.4 Å². The molecular weight excluding hydrogens is 453 g/mol. The number of carbonyl (C=O) groups is 2. The lowest BCUT2D eigenvalue weighted by molar-refractivity contribution is -0.137. The number of carbonyl (C=O) groups excluding carboxylic acids is 1. The number of amides is 1. The van der Waals surface area contributed by atoms with Crippen molar-refractivity contribution in [1.82, 2.24) is 10.5 Å². The van der Waals surface area contributed by atoms with Gasteiger partial charge in [0.15, 0.2) is 11.3 Å².